The maximum Gasteiger partial charge on any atom is 0.302 e. The molecule has 0 aliphatic heterocycles. The second-order valence-corrected chi connectivity index (χ2v) is 9.62. The van der Waals surface area contributed by atoms with Crippen molar-refractivity contribution >= 4 is 10.1 Å². The van der Waals surface area contributed by atoms with Gasteiger partial charge in [-0.15, -0.1) is 0 Å². The number of nitrogens with zero attached hydrogens (tertiary/aromatic N) is 2. The smallest absolute Gasteiger partial charge is 0.302 e. The molecule has 0 bridgehead atoms. The summed E-state index contributed by atoms with van der Waals surface area (Å²) in [4.78, 5) is 4.93. The molecular weight excluding hydrogens is 448 g/mol. The van der Waals surface area contributed by atoms with E-state index < -0.39 is 10.1 Å². The quantitative estimate of drug-likeness (QED) is 0.211. The third kappa shape index (κ3) is 6.12. The highest BCUT2D eigenvalue weighted by Gasteiger charge is 2.22. The average Bonchev–Trinajstić information content (AvgIpc) is 3.24. The molecule has 3 aromatic carbocycles. The number of hydrogen-bond donors (Lipinski definition) is 1. The van der Waals surface area contributed by atoms with Crippen molar-refractivity contribution in [3.63, 3.8) is 0 Å². The van der Waals surface area contributed by atoms with Gasteiger partial charge >= 0.3 is 6.01 Å². The number of aromatic nitrogens is 2. The summed E-state index contributed by atoms with van der Waals surface area (Å²) in [5.41, 5.74) is 4.81. The second-order valence-electron chi connectivity index (χ2n) is 8.04. The Morgan fingerprint density at radius 3 is 1.91 bits per heavy atom. The zero-order chi connectivity index (χ0) is 23.8. The van der Waals surface area contributed by atoms with Crippen molar-refractivity contribution in [2.45, 2.75) is 25.7 Å². The first-order chi connectivity index (χ1) is 16.5. The molecule has 0 unspecified atom stereocenters. The Bertz CT molecular complexity index is 1290. The summed E-state index contributed by atoms with van der Waals surface area (Å²) in [5.74, 6) is -0.201. The summed E-state index contributed by atoms with van der Waals surface area (Å²) in [5, 5.41) is 0. The third-order valence-corrected chi connectivity index (χ3v) is 6.29. The van der Waals surface area contributed by atoms with Gasteiger partial charge in [0.25, 0.3) is 10.1 Å². The van der Waals surface area contributed by atoms with Crippen molar-refractivity contribution in [3.8, 4) is 34.2 Å². The highest BCUT2D eigenvalue weighted by atomic mass is 32.2. The molecule has 0 aliphatic rings. The predicted octanol–water partition coefficient (Wildman–Crippen LogP) is 6.03. The van der Waals surface area contributed by atoms with Gasteiger partial charge in [-0.05, 0) is 25.0 Å². The third-order valence-electron chi connectivity index (χ3n) is 5.48. The Hall–Kier alpha value is -3.42. The summed E-state index contributed by atoms with van der Waals surface area (Å²) in [6.45, 7) is 0.457. The van der Waals surface area contributed by atoms with Crippen LogP contribution in [0.2, 0.25) is 0 Å². The molecule has 1 heterocycles. The van der Waals surface area contributed by atoms with Crippen molar-refractivity contribution in [3.05, 3.63) is 91.0 Å². The normalized spacial score (nSPS) is 11.4. The number of para-hydroxylation sites is 1. The highest BCUT2D eigenvalue weighted by molar-refractivity contribution is 7.85. The summed E-state index contributed by atoms with van der Waals surface area (Å²) >= 11 is 0. The van der Waals surface area contributed by atoms with Crippen molar-refractivity contribution in [1.82, 2.24) is 9.55 Å². The van der Waals surface area contributed by atoms with E-state index in [1.165, 1.54) is 0 Å². The van der Waals surface area contributed by atoms with Gasteiger partial charge in [-0.1, -0.05) is 91.7 Å². The molecule has 4 rings (SSSR count). The molecule has 0 atom stereocenters. The van der Waals surface area contributed by atoms with Gasteiger partial charge in [-0.2, -0.15) is 13.4 Å². The van der Waals surface area contributed by atoms with Crippen LogP contribution in [-0.4, -0.2) is 34.9 Å². The fourth-order valence-corrected chi connectivity index (χ4v) is 4.45. The number of ether oxygens (including phenoxy) is 1. The minimum absolute atomic E-state index is 0.201. The van der Waals surface area contributed by atoms with Crippen molar-refractivity contribution in [2.24, 2.45) is 0 Å². The SMILES string of the molecule is O=S(=O)(O)CCCCCCOc1nc(-c2ccccc2)c(-c2ccccc2)n1-c1ccccc1. The Morgan fingerprint density at radius 1 is 0.735 bits per heavy atom. The molecule has 34 heavy (non-hydrogen) atoms. The number of unbranched alkanes of at least 4 members (excludes halogenated alkanes) is 3. The summed E-state index contributed by atoms with van der Waals surface area (Å²) in [6.07, 6.45) is 2.71. The lowest BCUT2D eigenvalue weighted by Gasteiger charge is -2.13. The van der Waals surface area contributed by atoms with E-state index in [0.717, 1.165) is 41.0 Å². The van der Waals surface area contributed by atoms with Gasteiger partial charge in [0.1, 0.15) is 5.69 Å². The summed E-state index contributed by atoms with van der Waals surface area (Å²) < 4.78 is 38.8. The number of benzene rings is 3. The van der Waals surface area contributed by atoms with Crippen LogP contribution in [0.5, 0.6) is 6.01 Å². The van der Waals surface area contributed by atoms with Crippen LogP contribution in [0, 0.1) is 0 Å². The van der Waals surface area contributed by atoms with Crippen LogP contribution in [0.15, 0.2) is 91.0 Å². The first-order valence-corrected chi connectivity index (χ1v) is 13.0. The van der Waals surface area contributed by atoms with Crippen LogP contribution in [-0.2, 0) is 10.1 Å². The predicted molar refractivity (Wildman–Crippen MR) is 135 cm³/mol. The van der Waals surface area contributed by atoms with Gasteiger partial charge in [0.05, 0.1) is 23.7 Å². The zero-order valence-corrected chi connectivity index (χ0v) is 19.7. The lowest BCUT2D eigenvalue weighted by Crippen LogP contribution is -2.06. The van der Waals surface area contributed by atoms with Crippen molar-refractivity contribution < 1.29 is 17.7 Å². The summed E-state index contributed by atoms with van der Waals surface area (Å²) in [7, 11) is -3.90. The molecule has 6 nitrogen and oxygen atoms in total. The van der Waals surface area contributed by atoms with Crippen LogP contribution in [0.3, 0.4) is 0 Å². The number of rotatable bonds is 11. The maximum atomic E-state index is 10.9. The number of hydrogen-bond acceptors (Lipinski definition) is 4. The molecule has 7 heteroatoms. The topological polar surface area (TPSA) is 81.4 Å². The Kier molecular flexibility index (Phi) is 7.77. The molecule has 1 N–H and O–H groups in total. The lowest BCUT2D eigenvalue weighted by molar-refractivity contribution is 0.278. The highest BCUT2D eigenvalue weighted by Crippen LogP contribution is 2.37. The molecule has 0 amide bonds. The van der Waals surface area contributed by atoms with Crippen LogP contribution in [0.4, 0.5) is 0 Å². The van der Waals surface area contributed by atoms with Crippen LogP contribution in [0.25, 0.3) is 28.2 Å². The molecule has 0 fully saturated rings. The molecule has 4 aromatic rings. The van der Waals surface area contributed by atoms with E-state index in [9.17, 15) is 8.42 Å². The van der Waals surface area contributed by atoms with E-state index in [2.05, 4.69) is 16.7 Å². The monoisotopic (exact) mass is 476 g/mol. The molecule has 1 aromatic heterocycles. The molecule has 0 aliphatic carbocycles. The fraction of sp³-hybridized carbons (Fsp3) is 0.222. The van der Waals surface area contributed by atoms with Gasteiger partial charge in [0.2, 0.25) is 0 Å². The first kappa shape index (κ1) is 23.7. The standard InChI is InChI=1S/C27H28N2O4S/c30-34(31,32)21-13-2-1-12-20-33-27-28-25(22-14-6-3-7-15-22)26(23-16-8-4-9-17-23)29(27)24-18-10-5-11-19-24/h3-11,14-19H,1-2,12-13,20-21H2,(H,30,31,32). The van der Waals surface area contributed by atoms with Crippen molar-refractivity contribution in [2.75, 3.05) is 12.4 Å². The van der Waals surface area contributed by atoms with Gasteiger partial charge in [-0.3, -0.25) is 9.12 Å². The van der Waals surface area contributed by atoms with E-state index in [4.69, 9.17) is 14.3 Å². The molecule has 0 saturated carbocycles. The minimum Gasteiger partial charge on any atom is -0.464 e. The van der Waals surface area contributed by atoms with E-state index >= 15 is 0 Å². The maximum absolute atomic E-state index is 10.9. The minimum atomic E-state index is -3.90. The molecular formula is C27H28N2O4S. The molecule has 0 radical (unpaired) electrons. The Morgan fingerprint density at radius 2 is 1.29 bits per heavy atom. The van der Waals surface area contributed by atoms with E-state index in [-0.39, 0.29) is 5.75 Å². The molecule has 0 saturated heterocycles. The largest absolute Gasteiger partial charge is 0.464 e. The Balaban J connectivity index is 1.64. The van der Waals surface area contributed by atoms with Crippen LogP contribution < -0.4 is 4.74 Å². The van der Waals surface area contributed by atoms with Gasteiger partial charge in [0.15, 0.2) is 0 Å². The van der Waals surface area contributed by atoms with Gasteiger partial charge < -0.3 is 4.74 Å². The van der Waals surface area contributed by atoms with E-state index in [1.807, 2.05) is 78.9 Å². The van der Waals surface area contributed by atoms with Crippen LogP contribution in [0.1, 0.15) is 25.7 Å². The molecule has 0 spiro atoms. The Labute approximate surface area is 200 Å². The lowest BCUT2D eigenvalue weighted by atomic mass is 10.0. The van der Waals surface area contributed by atoms with E-state index in [1.54, 1.807) is 0 Å². The molecule has 176 valence electrons. The van der Waals surface area contributed by atoms with Crippen LogP contribution >= 0.6 is 0 Å². The van der Waals surface area contributed by atoms with Crippen molar-refractivity contribution in [1.29, 1.82) is 0 Å². The first-order valence-electron chi connectivity index (χ1n) is 11.4. The average molecular weight is 477 g/mol. The summed E-state index contributed by atoms with van der Waals surface area (Å²) in [6, 6.07) is 30.8. The van der Waals surface area contributed by atoms with Gasteiger partial charge in [-0.25, -0.2) is 0 Å². The second kappa shape index (κ2) is 11.1. The zero-order valence-electron chi connectivity index (χ0n) is 18.9. The van der Waals surface area contributed by atoms with E-state index in [0.29, 0.717) is 25.5 Å². The van der Waals surface area contributed by atoms with Gasteiger partial charge in [0, 0.05) is 11.1 Å². The number of imidazole rings is 1. The fourth-order valence-electron chi connectivity index (χ4n) is 3.88.